The summed E-state index contributed by atoms with van der Waals surface area (Å²) in [4.78, 5) is 59.1. The summed E-state index contributed by atoms with van der Waals surface area (Å²) < 4.78 is 1.46. The topological polar surface area (TPSA) is 162 Å². The molecule has 2 aromatic heterocycles. The van der Waals surface area contributed by atoms with Crippen molar-refractivity contribution >= 4 is 29.6 Å². The van der Waals surface area contributed by atoms with Gasteiger partial charge in [0, 0.05) is 44.7 Å². The molecule has 2 N–H and O–H groups in total. The summed E-state index contributed by atoms with van der Waals surface area (Å²) in [5.41, 5.74) is 2.03. The standard InChI is InChI=1S/C22H22N10O4/c33-18-4-3-17(19(34)25-18)31-10-13-1-2-14(9-15(13)20(31)35)32-11-16(26-28-32)21(36)29-5-7-30(8-6-29)22-23-12-24-27-22/h1-2,9,11-12,17H,3-8,10H2,(H,23,24,27)(H,25,33,34). The predicted molar refractivity (Wildman–Crippen MR) is 122 cm³/mol. The molecule has 36 heavy (non-hydrogen) atoms. The van der Waals surface area contributed by atoms with E-state index in [0.717, 1.165) is 5.56 Å². The van der Waals surface area contributed by atoms with Crippen LogP contribution in [-0.4, -0.2) is 95.8 Å². The van der Waals surface area contributed by atoms with Crippen molar-refractivity contribution in [3.8, 4) is 5.69 Å². The van der Waals surface area contributed by atoms with Crippen LogP contribution in [0.15, 0.2) is 30.7 Å². The molecular weight excluding hydrogens is 468 g/mol. The van der Waals surface area contributed by atoms with E-state index >= 15 is 0 Å². The second kappa shape index (κ2) is 8.55. The SMILES string of the molecule is O=C1CCC(N2Cc3ccc(-n4cc(C(=O)N5CCN(c6ncn[nH]6)CC5)nn4)cc3C2=O)C(=O)N1. The Bertz CT molecular complexity index is 1360. The van der Waals surface area contributed by atoms with E-state index in [1.807, 2.05) is 4.90 Å². The third kappa shape index (κ3) is 3.76. The molecule has 2 saturated heterocycles. The average Bonchev–Trinajstić information content (AvgIpc) is 3.65. The summed E-state index contributed by atoms with van der Waals surface area (Å²) in [6, 6.07) is 4.61. The molecule has 6 rings (SSSR count). The van der Waals surface area contributed by atoms with Gasteiger partial charge in [-0.25, -0.2) is 9.78 Å². The molecule has 5 heterocycles. The summed E-state index contributed by atoms with van der Waals surface area (Å²) in [5, 5.41) is 17.1. The van der Waals surface area contributed by atoms with Crippen molar-refractivity contribution in [3.63, 3.8) is 0 Å². The van der Waals surface area contributed by atoms with Crippen molar-refractivity contribution in [1.82, 2.24) is 45.3 Å². The van der Waals surface area contributed by atoms with Crippen LogP contribution in [0.1, 0.15) is 39.3 Å². The lowest BCUT2D eigenvalue weighted by Gasteiger charge is -2.33. The van der Waals surface area contributed by atoms with Crippen LogP contribution in [0, 0.1) is 0 Å². The van der Waals surface area contributed by atoms with E-state index in [9.17, 15) is 19.2 Å². The number of carbonyl (C=O) groups is 4. The van der Waals surface area contributed by atoms with Gasteiger partial charge >= 0.3 is 0 Å². The molecule has 0 bridgehead atoms. The van der Waals surface area contributed by atoms with Crippen LogP contribution in [0.5, 0.6) is 0 Å². The molecule has 0 radical (unpaired) electrons. The van der Waals surface area contributed by atoms with E-state index in [1.54, 1.807) is 29.3 Å². The monoisotopic (exact) mass is 490 g/mol. The largest absolute Gasteiger partial charge is 0.338 e. The number of amides is 4. The number of imide groups is 1. The van der Waals surface area contributed by atoms with Gasteiger partial charge in [0.2, 0.25) is 17.8 Å². The first-order valence-corrected chi connectivity index (χ1v) is 11.6. The maximum atomic E-state index is 13.1. The van der Waals surface area contributed by atoms with Gasteiger partial charge in [-0.3, -0.25) is 24.5 Å². The van der Waals surface area contributed by atoms with Gasteiger partial charge in [0.15, 0.2) is 5.69 Å². The van der Waals surface area contributed by atoms with Crippen LogP contribution in [-0.2, 0) is 16.1 Å². The molecule has 2 fully saturated rings. The Morgan fingerprint density at radius 2 is 1.92 bits per heavy atom. The van der Waals surface area contributed by atoms with Gasteiger partial charge in [0.25, 0.3) is 11.8 Å². The van der Waals surface area contributed by atoms with Gasteiger partial charge in [-0.2, -0.15) is 10.1 Å². The number of rotatable bonds is 4. The van der Waals surface area contributed by atoms with Crippen LogP contribution < -0.4 is 10.2 Å². The highest BCUT2D eigenvalue weighted by atomic mass is 16.2. The number of H-pyrrole nitrogens is 1. The number of anilines is 1. The van der Waals surface area contributed by atoms with Crippen LogP contribution in [0.4, 0.5) is 5.95 Å². The van der Waals surface area contributed by atoms with Crippen LogP contribution >= 0.6 is 0 Å². The lowest BCUT2D eigenvalue weighted by atomic mass is 10.0. The summed E-state index contributed by atoms with van der Waals surface area (Å²) in [6.07, 6.45) is 3.50. The Morgan fingerprint density at radius 1 is 1.08 bits per heavy atom. The Morgan fingerprint density at radius 3 is 2.67 bits per heavy atom. The highest BCUT2D eigenvalue weighted by molar-refractivity contribution is 6.05. The first-order chi connectivity index (χ1) is 17.5. The number of nitrogens with zero attached hydrogens (tertiary/aromatic N) is 8. The second-order valence-corrected chi connectivity index (χ2v) is 8.88. The molecule has 1 aromatic carbocycles. The first-order valence-electron chi connectivity index (χ1n) is 11.6. The zero-order valence-corrected chi connectivity index (χ0v) is 19.1. The minimum absolute atomic E-state index is 0.201. The van der Waals surface area contributed by atoms with Gasteiger partial charge in [-0.15, -0.1) is 5.10 Å². The Kier molecular flexibility index (Phi) is 5.20. The number of aromatic nitrogens is 6. The molecule has 1 atom stereocenters. The fraction of sp³-hybridized carbons (Fsp3) is 0.364. The second-order valence-electron chi connectivity index (χ2n) is 8.88. The van der Waals surface area contributed by atoms with Crippen molar-refractivity contribution in [2.45, 2.75) is 25.4 Å². The average molecular weight is 490 g/mol. The quantitative estimate of drug-likeness (QED) is 0.442. The minimum atomic E-state index is -0.675. The highest BCUT2D eigenvalue weighted by Crippen LogP contribution is 2.29. The molecule has 184 valence electrons. The third-order valence-corrected chi connectivity index (χ3v) is 6.76. The van der Waals surface area contributed by atoms with E-state index in [0.29, 0.717) is 56.3 Å². The maximum Gasteiger partial charge on any atom is 0.276 e. The van der Waals surface area contributed by atoms with Gasteiger partial charge in [0.05, 0.1) is 11.9 Å². The number of piperazine rings is 1. The van der Waals surface area contributed by atoms with Crippen LogP contribution in [0.2, 0.25) is 0 Å². The molecule has 3 aliphatic rings. The molecule has 0 aliphatic carbocycles. The van der Waals surface area contributed by atoms with Gasteiger partial charge in [0.1, 0.15) is 12.4 Å². The van der Waals surface area contributed by atoms with Crippen molar-refractivity contribution in [1.29, 1.82) is 0 Å². The summed E-state index contributed by atoms with van der Waals surface area (Å²) in [6.45, 7) is 2.55. The number of aromatic amines is 1. The van der Waals surface area contributed by atoms with Crippen molar-refractivity contribution < 1.29 is 19.2 Å². The van der Waals surface area contributed by atoms with Gasteiger partial charge in [-0.05, 0) is 24.1 Å². The Hall–Kier alpha value is -4.62. The fourth-order valence-corrected chi connectivity index (χ4v) is 4.81. The number of carbonyl (C=O) groups excluding carboxylic acids is 4. The lowest BCUT2D eigenvalue weighted by Crippen LogP contribution is -2.52. The summed E-state index contributed by atoms with van der Waals surface area (Å²) in [7, 11) is 0. The number of fused-ring (bicyclic) bond motifs is 1. The molecular formula is C22H22N10O4. The Labute approximate surface area is 204 Å². The van der Waals surface area contributed by atoms with E-state index in [2.05, 4.69) is 30.8 Å². The van der Waals surface area contributed by atoms with Crippen molar-refractivity contribution in [3.05, 3.63) is 47.5 Å². The molecule has 4 amide bonds. The smallest absolute Gasteiger partial charge is 0.276 e. The number of hydrogen-bond acceptors (Lipinski definition) is 9. The van der Waals surface area contributed by atoms with Crippen molar-refractivity contribution in [2.24, 2.45) is 0 Å². The number of benzene rings is 1. The van der Waals surface area contributed by atoms with Gasteiger partial charge in [-0.1, -0.05) is 11.3 Å². The Balaban J connectivity index is 1.14. The number of hydrogen-bond donors (Lipinski definition) is 2. The maximum absolute atomic E-state index is 13.1. The zero-order valence-electron chi connectivity index (χ0n) is 19.1. The summed E-state index contributed by atoms with van der Waals surface area (Å²) >= 11 is 0. The molecule has 0 spiro atoms. The van der Waals surface area contributed by atoms with Gasteiger partial charge < -0.3 is 14.7 Å². The molecule has 3 aliphatic heterocycles. The van der Waals surface area contributed by atoms with Crippen molar-refractivity contribution in [2.75, 3.05) is 31.1 Å². The lowest BCUT2D eigenvalue weighted by molar-refractivity contribution is -0.136. The highest BCUT2D eigenvalue weighted by Gasteiger charge is 2.39. The predicted octanol–water partition coefficient (Wildman–Crippen LogP) is -0.891. The van der Waals surface area contributed by atoms with E-state index in [-0.39, 0.29) is 29.8 Å². The fourth-order valence-electron chi connectivity index (χ4n) is 4.81. The normalized spacial score (nSPS) is 20.1. The van der Waals surface area contributed by atoms with E-state index in [1.165, 1.54) is 15.9 Å². The molecule has 0 saturated carbocycles. The molecule has 14 heteroatoms. The van der Waals surface area contributed by atoms with E-state index < -0.39 is 11.9 Å². The molecule has 3 aromatic rings. The summed E-state index contributed by atoms with van der Waals surface area (Å²) in [5.74, 6) is -0.595. The molecule has 1 unspecified atom stereocenters. The first kappa shape index (κ1) is 21.9. The number of nitrogens with one attached hydrogen (secondary N) is 2. The number of piperidine rings is 1. The minimum Gasteiger partial charge on any atom is -0.338 e. The third-order valence-electron chi connectivity index (χ3n) is 6.76. The van der Waals surface area contributed by atoms with Crippen LogP contribution in [0.25, 0.3) is 5.69 Å². The van der Waals surface area contributed by atoms with Crippen LogP contribution in [0.3, 0.4) is 0 Å². The zero-order chi connectivity index (χ0) is 24.8. The molecule has 14 nitrogen and oxygen atoms in total. The van der Waals surface area contributed by atoms with E-state index in [4.69, 9.17) is 0 Å².